The molecule has 0 aliphatic heterocycles. The van der Waals surface area contributed by atoms with Gasteiger partial charge >= 0.3 is 0 Å². The lowest BCUT2D eigenvalue weighted by Gasteiger charge is -2.25. The van der Waals surface area contributed by atoms with Crippen LogP contribution in [0, 0.1) is 17.1 Å². The molecule has 0 aliphatic rings. The van der Waals surface area contributed by atoms with Crippen molar-refractivity contribution >= 4 is 5.91 Å². The highest BCUT2D eigenvalue weighted by atomic mass is 19.1. The maximum Gasteiger partial charge on any atom is 0.260 e. The summed E-state index contributed by atoms with van der Waals surface area (Å²) in [6.45, 7) is 3.93. The van der Waals surface area contributed by atoms with E-state index in [2.05, 4.69) is 0 Å². The van der Waals surface area contributed by atoms with Gasteiger partial charge in [-0.25, -0.2) is 4.39 Å². The molecule has 0 N–H and O–H groups in total. The van der Waals surface area contributed by atoms with E-state index in [0.29, 0.717) is 23.7 Å². The van der Waals surface area contributed by atoms with E-state index in [1.54, 1.807) is 37.4 Å². The van der Waals surface area contributed by atoms with Crippen molar-refractivity contribution in [3.8, 4) is 17.6 Å². The van der Waals surface area contributed by atoms with Gasteiger partial charge in [0.25, 0.3) is 5.91 Å². The molecule has 0 spiro atoms. The van der Waals surface area contributed by atoms with Crippen molar-refractivity contribution < 1.29 is 18.7 Å². The number of ether oxygens (including phenoxy) is 2. The molecule has 0 saturated carbocycles. The Bertz CT molecular complexity index is 800. The summed E-state index contributed by atoms with van der Waals surface area (Å²) >= 11 is 0. The normalized spacial score (nSPS) is 11.3. The molecule has 0 radical (unpaired) electrons. The van der Waals surface area contributed by atoms with Gasteiger partial charge in [-0.3, -0.25) is 4.79 Å². The van der Waals surface area contributed by atoms with Gasteiger partial charge in [0.1, 0.15) is 5.82 Å². The van der Waals surface area contributed by atoms with Crippen molar-refractivity contribution in [3.05, 3.63) is 59.4 Å². The summed E-state index contributed by atoms with van der Waals surface area (Å²) in [5.41, 5.74) is 1.28. The van der Waals surface area contributed by atoms with Gasteiger partial charge in [0.05, 0.1) is 24.3 Å². The molecule has 5 nitrogen and oxygen atoms in total. The van der Waals surface area contributed by atoms with Crippen molar-refractivity contribution in [2.75, 3.05) is 20.3 Å². The number of hydrogen-bond acceptors (Lipinski definition) is 4. The molecular weight excluding hydrogens is 335 g/mol. The second-order valence-corrected chi connectivity index (χ2v) is 5.73. The number of rotatable bonds is 7. The van der Waals surface area contributed by atoms with Crippen molar-refractivity contribution in [1.29, 1.82) is 5.26 Å². The van der Waals surface area contributed by atoms with E-state index in [9.17, 15) is 9.18 Å². The van der Waals surface area contributed by atoms with Crippen LogP contribution in [-0.2, 0) is 4.79 Å². The molecule has 1 unspecified atom stereocenters. The number of likely N-dealkylation sites (N-methyl/N-ethyl adjacent to an activating group) is 1. The van der Waals surface area contributed by atoms with Crippen LogP contribution in [0.15, 0.2) is 42.5 Å². The van der Waals surface area contributed by atoms with Gasteiger partial charge in [0.2, 0.25) is 0 Å². The second-order valence-electron chi connectivity index (χ2n) is 5.73. The van der Waals surface area contributed by atoms with E-state index in [-0.39, 0.29) is 24.4 Å². The van der Waals surface area contributed by atoms with Crippen molar-refractivity contribution in [2.45, 2.75) is 19.9 Å². The molecule has 2 aromatic rings. The Hall–Kier alpha value is -3.07. The molecule has 1 atom stereocenters. The molecule has 0 bridgehead atoms. The zero-order valence-corrected chi connectivity index (χ0v) is 15.0. The SMILES string of the molecule is CCOc1cc(C#N)ccc1OCC(=O)N(C)C(C)c1ccc(F)cc1. The molecule has 0 aromatic heterocycles. The fourth-order valence-electron chi connectivity index (χ4n) is 2.39. The van der Waals surface area contributed by atoms with E-state index in [0.717, 1.165) is 5.56 Å². The lowest BCUT2D eigenvalue weighted by molar-refractivity contribution is -0.134. The summed E-state index contributed by atoms with van der Waals surface area (Å²) in [4.78, 5) is 14.0. The summed E-state index contributed by atoms with van der Waals surface area (Å²) in [7, 11) is 1.67. The van der Waals surface area contributed by atoms with Crippen LogP contribution in [0.2, 0.25) is 0 Å². The van der Waals surface area contributed by atoms with Gasteiger partial charge in [0, 0.05) is 13.1 Å². The predicted molar refractivity (Wildman–Crippen MR) is 95.4 cm³/mol. The van der Waals surface area contributed by atoms with Crippen LogP contribution in [0.3, 0.4) is 0 Å². The first-order valence-corrected chi connectivity index (χ1v) is 8.27. The highest BCUT2D eigenvalue weighted by Crippen LogP contribution is 2.28. The second kappa shape index (κ2) is 8.86. The average molecular weight is 356 g/mol. The largest absolute Gasteiger partial charge is 0.490 e. The fourth-order valence-corrected chi connectivity index (χ4v) is 2.39. The minimum atomic E-state index is -0.317. The molecule has 0 aliphatic carbocycles. The predicted octanol–water partition coefficient (Wildman–Crippen LogP) is 3.69. The van der Waals surface area contributed by atoms with Crippen LogP contribution >= 0.6 is 0 Å². The van der Waals surface area contributed by atoms with Crippen LogP contribution in [0.5, 0.6) is 11.5 Å². The highest BCUT2D eigenvalue weighted by Gasteiger charge is 2.18. The van der Waals surface area contributed by atoms with Gasteiger partial charge in [-0.15, -0.1) is 0 Å². The van der Waals surface area contributed by atoms with E-state index in [1.165, 1.54) is 17.0 Å². The zero-order chi connectivity index (χ0) is 19.1. The minimum absolute atomic E-state index is 0.173. The number of nitrogens with zero attached hydrogens (tertiary/aromatic N) is 2. The first-order valence-electron chi connectivity index (χ1n) is 8.27. The number of hydrogen-bond donors (Lipinski definition) is 0. The first kappa shape index (κ1) is 19.3. The molecule has 0 fully saturated rings. The van der Waals surface area contributed by atoms with Crippen molar-refractivity contribution in [1.82, 2.24) is 4.90 Å². The molecule has 136 valence electrons. The molecule has 26 heavy (non-hydrogen) atoms. The maximum absolute atomic E-state index is 13.0. The number of benzene rings is 2. The summed E-state index contributed by atoms with van der Waals surface area (Å²) in [6, 6.07) is 12.6. The van der Waals surface area contributed by atoms with Crippen LogP contribution in [0.1, 0.15) is 31.0 Å². The van der Waals surface area contributed by atoms with Gasteiger partial charge in [-0.05, 0) is 43.7 Å². The van der Waals surface area contributed by atoms with E-state index in [1.807, 2.05) is 19.9 Å². The number of carbonyl (C=O) groups is 1. The quantitative estimate of drug-likeness (QED) is 0.759. The maximum atomic E-state index is 13.0. The summed E-state index contributed by atoms with van der Waals surface area (Å²) in [5, 5.41) is 8.97. The lowest BCUT2D eigenvalue weighted by Crippen LogP contribution is -2.33. The summed E-state index contributed by atoms with van der Waals surface area (Å²) < 4.78 is 24.1. The molecule has 2 rings (SSSR count). The summed E-state index contributed by atoms with van der Waals surface area (Å²) in [6.07, 6.45) is 0. The van der Waals surface area contributed by atoms with E-state index in [4.69, 9.17) is 14.7 Å². The van der Waals surface area contributed by atoms with Crippen LogP contribution in [0.25, 0.3) is 0 Å². The number of amides is 1. The Balaban J connectivity index is 2.03. The van der Waals surface area contributed by atoms with Gasteiger partial charge in [-0.1, -0.05) is 12.1 Å². The van der Waals surface area contributed by atoms with Gasteiger partial charge < -0.3 is 14.4 Å². The molecule has 0 saturated heterocycles. The monoisotopic (exact) mass is 356 g/mol. The topological polar surface area (TPSA) is 62.6 Å². The van der Waals surface area contributed by atoms with Crippen molar-refractivity contribution in [2.24, 2.45) is 0 Å². The third-order valence-electron chi connectivity index (χ3n) is 4.05. The molecule has 6 heteroatoms. The smallest absolute Gasteiger partial charge is 0.260 e. The van der Waals surface area contributed by atoms with E-state index >= 15 is 0 Å². The van der Waals surface area contributed by atoms with Gasteiger partial charge in [0.15, 0.2) is 18.1 Å². The lowest BCUT2D eigenvalue weighted by atomic mass is 10.1. The standard InChI is InChI=1S/C20H21FN2O3/c1-4-25-19-11-15(12-22)5-10-18(19)26-13-20(24)23(3)14(2)16-6-8-17(21)9-7-16/h5-11,14H,4,13H2,1-3H3. The third kappa shape index (κ3) is 4.73. The average Bonchev–Trinajstić information content (AvgIpc) is 2.66. The molecule has 0 heterocycles. The highest BCUT2D eigenvalue weighted by molar-refractivity contribution is 5.78. The number of carbonyl (C=O) groups excluding carboxylic acids is 1. The number of nitriles is 1. The molecular formula is C20H21FN2O3. The van der Waals surface area contributed by atoms with Crippen LogP contribution < -0.4 is 9.47 Å². The van der Waals surface area contributed by atoms with Crippen molar-refractivity contribution in [3.63, 3.8) is 0 Å². The van der Waals surface area contributed by atoms with Crippen LogP contribution in [0.4, 0.5) is 4.39 Å². The third-order valence-corrected chi connectivity index (χ3v) is 4.05. The fraction of sp³-hybridized carbons (Fsp3) is 0.300. The van der Waals surface area contributed by atoms with E-state index < -0.39 is 0 Å². The minimum Gasteiger partial charge on any atom is -0.490 e. The van der Waals surface area contributed by atoms with Gasteiger partial charge in [-0.2, -0.15) is 5.26 Å². The Morgan fingerprint density at radius 3 is 2.50 bits per heavy atom. The Kier molecular flexibility index (Phi) is 6.56. The summed E-state index contributed by atoms with van der Waals surface area (Å²) in [5.74, 6) is 0.284. The molecule has 1 amide bonds. The number of halogens is 1. The van der Waals surface area contributed by atoms with Crippen LogP contribution in [-0.4, -0.2) is 31.1 Å². The Morgan fingerprint density at radius 1 is 1.19 bits per heavy atom. The Labute approximate surface area is 152 Å². The zero-order valence-electron chi connectivity index (χ0n) is 15.0. The Morgan fingerprint density at radius 2 is 1.88 bits per heavy atom. The molecule has 2 aromatic carbocycles. The first-order chi connectivity index (χ1) is 12.5.